The number of unbranched alkanes of at least 4 members (excludes halogenated alkanes) is 1. The SMILES string of the molecule is CC(C)OC(=O)CCC/C=C\C[C@@H]1[C@@H](/C=C/C(O)CCc2cccc(-c3ccccc3)c2)[C@H](O)C[C@@H]1O. The second kappa shape index (κ2) is 14.9. The molecule has 1 saturated carbocycles. The molecule has 200 valence electrons. The van der Waals surface area contributed by atoms with Crippen molar-refractivity contribution in [3.8, 4) is 11.1 Å². The zero-order valence-corrected chi connectivity index (χ0v) is 22.1. The first-order chi connectivity index (χ1) is 17.8. The fraction of sp³-hybridized carbons (Fsp3) is 0.469. The number of carbonyl (C=O) groups is 1. The van der Waals surface area contributed by atoms with Crippen molar-refractivity contribution < 1.29 is 24.9 Å². The second-order valence-electron chi connectivity index (χ2n) is 10.3. The molecule has 1 aliphatic carbocycles. The number of hydrogen-bond acceptors (Lipinski definition) is 5. The van der Waals surface area contributed by atoms with E-state index < -0.39 is 18.3 Å². The van der Waals surface area contributed by atoms with Gasteiger partial charge in [0.25, 0.3) is 0 Å². The number of carbonyl (C=O) groups excluding carboxylic acids is 1. The Morgan fingerprint density at radius 3 is 2.54 bits per heavy atom. The van der Waals surface area contributed by atoms with Gasteiger partial charge in [0, 0.05) is 18.8 Å². The van der Waals surface area contributed by atoms with E-state index in [9.17, 15) is 20.1 Å². The van der Waals surface area contributed by atoms with Crippen molar-refractivity contribution in [1.29, 1.82) is 0 Å². The second-order valence-corrected chi connectivity index (χ2v) is 10.3. The lowest BCUT2D eigenvalue weighted by molar-refractivity contribution is -0.147. The monoisotopic (exact) mass is 506 g/mol. The highest BCUT2D eigenvalue weighted by Gasteiger charge is 2.39. The number of allylic oxidation sites excluding steroid dienone is 2. The van der Waals surface area contributed by atoms with Gasteiger partial charge in [-0.15, -0.1) is 0 Å². The minimum absolute atomic E-state index is 0.0901. The van der Waals surface area contributed by atoms with E-state index in [0.29, 0.717) is 25.7 Å². The lowest BCUT2D eigenvalue weighted by Crippen LogP contribution is -2.20. The van der Waals surface area contributed by atoms with Crippen LogP contribution in [0.4, 0.5) is 0 Å². The summed E-state index contributed by atoms with van der Waals surface area (Å²) < 4.78 is 5.14. The van der Waals surface area contributed by atoms with Crippen molar-refractivity contribution in [3.63, 3.8) is 0 Å². The summed E-state index contributed by atoms with van der Waals surface area (Å²) in [7, 11) is 0. The number of aryl methyl sites for hydroxylation is 1. The lowest BCUT2D eigenvalue weighted by atomic mass is 9.89. The summed E-state index contributed by atoms with van der Waals surface area (Å²) in [6.45, 7) is 3.68. The molecule has 37 heavy (non-hydrogen) atoms. The van der Waals surface area contributed by atoms with Crippen molar-refractivity contribution in [3.05, 3.63) is 84.5 Å². The maximum absolute atomic E-state index is 11.6. The first-order valence-electron chi connectivity index (χ1n) is 13.5. The van der Waals surface area contributed by atoms with Gasteiger partial charge < -0.3 is 20.1 Å². The summed E-state index contributed by atoms with van der Waals surface area (Å²) in [4.78, 5) is 11.6. The summed E-state index contributed by atoms with van der Waals surface area (Å²) in [5.74, 6) is -0.467. The smallest absolute Gasteiger partial charge is 0.306 e. The molecule has 0 aliphatic heterocycles. The molecule has 1 fully saturated rings. The third kappa shape index (κ3) is 9.58. The Hall–Kier alpha value is -2.73. The predicted molar refractivity (Wildman–Crippen MR) is 148 cm³/mol. The Kier molecular flexibility index (Phi) is 11.6. The highest BCUT2D eigenvalue weighted by molar-refractivity contribution is 5.69. The molecule has 3 rings (SSSR count). The van der Waals surface area contributed by atoms with Crippen LogP contribution in [0, 0.1) is 11.8 Å². The summed E-state index contributed by atoms with van der Waals surface area (Å²) in [6.07, 6.45) is 10.0. The molecule has 0 radical (unpaired) electrons. The first-order valence-corrected chi connectivity index (χ1v) is 13.5. The summed E-state index contributed by atoms with van der Waals surface area (Å²) in [5, 5.41) is 31.6. The molecule has 1 unspecified atom stereocenters. The number of rotatable bonds is 13. The molecular weight excluding hydrogens is 464 g/mol. The van der Waals surface area contributed by atoms with Gasteiger partial charge in [-0.25, -0.2) is 0 Å². The third-order valence-corrected chi connectivity index (χ3v) is 6.93. The topological polar surface area (TPSA) is 87.0 Å². The predicted octanol–water partition coefficient (Wildman–Crippen LogP) is 5.63. The van der Waals surface area contributed by atoms with Crippen LogP contribution in [-0.2, 0) is 16.0 Å². The Labute approximate surface area is 221 Å². The number of benzene rings is 2. The van der Waals surface area contributed by atoms with E-state index in [1.54, 1.807) is 6.08 Å². The van der Waals surface area contributed by atoms with Gasteiger partial charge in [0.1, 0.15) is 0 Å². The van der Waals surface area contributed by atoms with Crippen molar-refractivity contribution in [1.82, 2.24) is 0 Å². The molecule has 0 spiro atoms. The Morgan fingerprint density at radius 2 is 1.78 bits per heavy atom. The average Bonchev–Trinajstić information content (AvgIpc) is 3.15. The van der Waals surface area contributed by atoms with Crippen LogP contribution in [0.2, 0.25) is 0 Å². The van der Waals surface area contributed by atoms with Gasteiger partial charge in [-0.2, -0.15) is 0 Å². The molecule has 2 aromatic rings. The Balaban J connectivity index is 1.46. The van der Waals surface area contributed by atoms with Crippen molar-refractivity contribution in [2.75, 3.05) is 0 Å². The van der Waals surface area contributed by atoms with E-state index in [4.69, 9.17) is 4.74 Å². The van der Waals surface area contributed by atoms with E-state index in [1.807, 2.05) is 56.3 Å². The van der Waals surface area contributed by atoms with Gasteiger partial charge >= 0.3 is 5.97 Å². The maximum Gasteiger partial charge on any atom is 0.306 e. The number of hydrogen-bond donors (Lipinski definition) is 3. The zero-order chi connectivity index (χ0) is 26.6. The molecule has 0 bridgehead atoms. The van der Waals surface area contributed by atoms with Gasteiger partial charge in [-0.05, 0) is 68.6 Å². The van der Waals surface area contributed by atoms with Crippen molar-refractivity contribution in [2.24, 2.45) is 11.8 Å². The van der Waals surface area contributed by atoms with Crippen LogP contribution in [0.5, 0.6) is 0 Å². The van der Waals surface area contributed by atoms with Crippen LogP contribution in [0.15, 0.2) is 78.9 Å². The molecule has 2 aromatic carbocycles. The van der Waals surface area contributed by atoms with Gasteiger partial charge in [0.2, 0.25) is 0 Å². The fourth-order valence-corrected chi connectivity index (χ4v) is 4.97. The highest BCUT2D eigenvalue weighted by Crippen LogP contribution is 2.36. The molecule has 1 aliphatic rings. The first kappa shape index (κ1) is 28.8. The molecule has 5 heteroatoms. The summed E-state index contributed by atoms with van der Waals surface area (Å²) in [6, 6.07) is 18.6. The van der Waals surface area contributed by atoms with Gasteiger partial charge in [-0.3, -0.25) is 4.79 Å². The van der Waals surface area contributed by atoms with Crippen LogP contribution in [-0.4, -0.2) is 45.7 Å². The van der Waals surface area contributed by atoms with Gasteiger partial charge in [0.05, 0.1) is 24.4 Å². The highest BCUT2D eigenvalue weighted by atomic mass is 16.5. The molecular formula is C32H42O5. The third-order valence-electron chi connectivity index (χ3n) is 6.93. The van der Waals surface area contributed by atoms with E-state index in [2.05, 4.69) is 30.3 Å². The molecule has 0 aromatic heterocycles. The molecule has 0 heterocycles. The minimum Gasteiger partial charge on any atom is -0.463 e. The molecule has 0 amide bonds. The van der Waals surface area contributed by atoms with E-state index in [1.165, 1.54) is 11.1 Å². The van der Waals surface area contributed by atoms with Crippen LogP contribution in [0.25, 0.3) is 11.1 Å². The zero-order valence-electron chi connectivity index (χ0n) is 22.1. The number of aliphatic hydroxyl groups excluding tert-OH is 3. The number of ether oxygens (including phenoxy) is 1. The molecule has 0 saturated heterocycles. The average molecular weight is 507 g/mol. The molecule has 5 atom stereocenters. The van der Waals surface area contributed by atoms with Crippen LogP contribution in [0.1, 0.15) is 57.9 Å². The standard InChI is InChI=1S/C32H42O5/c1-23(2)37-32(36)16-9-4-3-8-15-28-29(31(35)22-30(28)34)20-19-27(33)18-17-24-11-10-14-26(21-24)25-12-6-5-7-13-25/h3,5-8,10-14,19-21,23,27-31,33-35H,4,9,15-18,22H2,1-2H3/b8-3-,20-19+/t27?,28-,29-,30+,31-/m1/s1. The van der Waals surface area contributed by atoms with Crippen molar-refractivity contribution >= 4 is 5.97 Å². The summed E-state index contributed by atoms with van der Waals surface area (Å²) >= 11 is 0. The van der Waals surface area contributed by atoms with Gasteiger partial charge in [-0.1, -0.05) is 78.9 Å². The number of esters is 1. The van der Waals surface area contributed by atoms with Crippen LogP contribution in [0.3, 0.4) is 0 Å². The summed E-state index contributed by atoms with van der Waals surface area (Å²) in [5.41, 5.74) is 3.51. The van der Waals surface area contributed by atoms with E-state index >= 15 is 0 Å². The van der Waals surface area contributed by atoms with Crippen molar-refractivity contribution in [2.45, 2.75) is 83.2 Å². The normalized spacial score (nSPS) is 22.8. The quantitative estimate of drug-likeness (QED) is 0.186. The molecule has 5 nitrogen and oxygen atoms in total. The van der Waals surface area contributed by atoms with E-state index in [-0.39, 0.29) is 23.9 Å². The maximum atomic E-state index is 11.6. The molecule has 3 N–H and O–H groups in total. The fourth-order valence-electron chi connectivity index (χ4n) is 4.97. The minimum atomic E-state index is -0.620. The Morgan fingerprint density at radius 1 is 1.03 bits per heavy atom. The van der Waals surface area contributed by atoms with E-state index in [0.717, 1.165) is 24.8 Å². The van der Waals surface area contributed by atoms with Gasteiger partial charge in [0.15, 0.2) is 0 Å². The largest absolute Gasteiger partial charge is 0.463 e. The van der Waals surface area contributed by atoms with Crippen LogP contribution >= 0.6 is 0 Å². The Bertz CT molecular complexity index is 1010. The van der Waals surface area contributed by atoms with Crippen LogP contribution < -0.4 is 0 Å². The number of aliphatic hydroxyl groups is 3. The lowest BCUT2D eigenvalue weighted by Gasteiger charge is -2.19.